The molecule has 0 aliphatic rings. The minimum absolute atomic E-state index is 0.169. The average molecular weight is 216 g/mol. The van der Waals surface area contributed by atoms with E-state index >= 15 is 0 Å². The van der Waals surface area contributed by atoms with E-state index in [4.69, 9.17) is 0 Å². The molecule has 0 fully saturated rings. The van der Waals surface area contributed by atoms with Crippen molar-refractivity contribution in [1.82, 2.24) is 0 Å². The summed E-state index contributed by atoms with van der Waals surface area (Å²) in [5.41, 5.74) is 0.0339. The number of hydrogen-bond donors (Lipinski definition) is 0. The quantitative estimate of drug-likeness (QED) is 0.466. The second kappa shape index (κ2) is 6.27. The first kappa shape index (κ1) is 13.8. The standard InChI is InChI=1S/C12H15F3/c1-4-7-10(6-3)9-11(8-5-2)12(13,14)15/h4-5,7,9H,1-2,6,8H2,3H3/b10-7-,11-9+. The molecule has 0 aromatic carbocycles. The molecule has 15 heavy (non-hydrogen) atoms. The van der Waals surface area contributed by atoms with Crippen molar-refractivity contribution in [3.8, 4) is 0 Å². The molecule has 0 aromatic heterocycles. The monoisotopic (exact) mass is 216 g/mol. The van der Waals surface area contributed by atoms with Gasteiger partial charge in [-0.05, 0) is 18.4 Å². The maximum atomic E-state index is 12.5. The van der Waals surface area contributed by atoms with E-state index in [1.165, 1.54) is 12.2 Å². The predicted molar refractivity (Wildman–Crippen MR) is 57.5 cm³/mol. The van der Waals surface area contributed by atoms with Crippen LogP contribution in [0.4, 0.5) is 13.2 Å². The molecule has 0 amide bonds. The van der Waals surface area contributed by atoms with Crippen molar-refractivity contribution in [3.05, 3.63) is 48.6 Å². The van der Waals surface area contributed by atoms with E-state index < -0.39 is 11.7 Å². The van der Waals surface area contributed by atoms with Gasteiger partial charge in [-0.1, -0.05) is 37.8 Å². The smallest absolute Gasteiger partial charge is 0.166 e. The fourth-order valence-electron chi connectivity index (χ4n) is 1.06. The van der Waals surface area contributed by atoms with Crippen LogP contribution in [0.25, 0.3) is 0 Å². The van der Waals surface area contributed by atoms with E-state index in [1.54, 1.807) is 13.0 Å². The minimum atomic E-state index is -4.29. The van der Waals surface area contributed by atoms with Crippen molar-refractivity contribution < 1.29 is 13.2 Å². The SMILES string of the molecule is C=C/C=C(\C=C(/CC=C)C(F)(F)F)CC. The molecule has 0 aliphatic heterocycles. The van der Waals surface area contributed by atoms with Gasteiger partial charge < -0.3 is 0 Å². The molecule has 0 unspecified atom stereocenters. The largest absolute Gasteiger partial charge is 0.413 e. The summed E-state index contributed by atoms with van der Waals surface area (Å²) >= 11 is 0. The van der Waals surface area contributed by atoms with Crippen molar-refractivity contribution in [2.45, 2.75) is 25.9 Å². The Labute approximate surface area is 88.5 Å². The molecule has 0 nitrogen and oxygen atoms in total. The van der Waals surface area contributed by atoms with Crippen molar-refractivity contribution in [2.24, 2.45) is 0 Å². The zero-order valence-electron chi connectivity index (χ0n) is 8.77. The van der Waals surface area contributed by atoms with Gasteiger partial charge in [0.1, 0.15) is 0 Å². The van der Waals surface area contributed by atoms with Gasteiger partial charge in [-0.25, -0.2) is 0 Å². The van der Waals surface area contributed by atoms with Crippen LogP contribution >= 0.6 is 0 Å². The van der Waals surface area contributed by atoms with Crippen LogP contribution in [-0.2, 0) is 0 Å². The Morgan fingerprint density at radius 2 is 1.87 bits per heavy atom. The van der Waals surface area contributed by atoms with E-state index in [2.05, 4.69) is 13.2 Å². The van der Waals surface area contributed by atoms with E-state index in [1.807, 2.05) is 0 Å². The summed E-state index contributed by atoms with van der Waals surface area (Å²) in [7, 11) is 0. The van der Waals surface area contributed by atoms with Gasteiger partial charge in [0.2, 0.25) is 0 Å². The van der Waals surface area contributed by atoms with Gasteiger partial charge in [0.15, 0.2) is 0 Å². The van der Waals surface area contributed by atoms with Gasteiger partial charge in [-0.15, -0.1) is 6.58 Å². The lowest BCUT2D eigenvalue weighted by Crippen LogP contribution is -2.11. The Kier molecular flexibility index (Phi) is 5.75. The molecule has 84 valence electrons. The maximum Gasteiger partial charge on any atom is 0.413 e. The first-order valence-electron chi connectivity index (χ1n) is 4.66. The minimum Gasteiger partial charge on any atom is -0.166 e. The summed E-state index contributed by atoms with van der Waals surface area (Å²) in [5, 5.41) is 0. The Morgan fingerprint density at radius 3 is 2.20 bits per heavy atom. The molecule has 0 aromatic rings. The first-order chi connectivity index (χ1) is 6.95. The van der Waals surface area contributed by atoms with Crippen LogP contribution < -0.4 is 0 Å². The molecule has 0 rings (SSSR count). The molecule has 0 heterocycles. The van der Waals surface area contributed by atoms with E-state index in [9.17, 15) is 13.2 Å². The molecule has 0 N–H and O–H groups in total. The Bertz CT molecular complexity index is 280. The maximum absolute atomic E-state index is 12.5. The van der Waals surface area contributed by atoms with Crippen LogP contribution in [-0.4, -0.2) is 6.18 Å². The fourth-order valence-corrected chi connectivity index (χ4v) is 1.06. The topological polar surface area (TPSA) is 0 Å². The van der Waals surface area contributed by atoms with Crippen LogP contribution in [0.5, 0.6) is 0 Å². The molecule has 0 saturated carbocycles. The zero-order chi connectivity index (χ0) is 11.9. The molecule has 0 spiro atoms. The van der Waals surface area contributed by atoms with Gasteiger partial charge in [-0.3, -0.25) is 0 Å². The van der Waals surface area contributed by atoms with Crippen molar-refractivity contribution >= 4 is 0 Å². The fraction of sp³-hybridized carbons (Fsp3) is 0.333. The van der Waals surface area contributed by atoms with Crippen LogP contribution in [0.1, 0.15) is 19.8 Å². The summed E-state index contributed by atoms with van der Waals surface area (Å²) in [6, 6.07) is 0. The Hall–Kier alpha value is -1.25. The van der Waals surface area contributed by atoms with Crippen molar-refractivity contribution in [1.29, 1.82) is 0 Å². The number of rotatable bonds is 5. The molecule has 3 heteroatoms. The second-order valence-corrected chi connectivity index (χ2v) is 2.99. The summed E-state index contributed by atoms with van der Waals surface area (Å²) in [4.78, 5) is 0. The summed E-state index contributed by atoms with van der Waals surface area (Å²) in [5.74, 6) is 0. The number of halogens is 3. The van der Waals surface area contributed by atoms with E-state index in [-0.39, 0.29) is 6.42 Å². The lowest BCUT2D eigenvalue weighted by Gasteiger charge is -2.10. The highest BCUT2D eigenvalue weighted by Crippen LogP contribution is 2.29. The van der Waals surface area contributed by atoms with Gasteiger partial charge in [0.25, 0.3) is 0 Å². The van der Waals surface area contributed by atoms with E-state index in [0.717, 1.165) is 6.08 Å². The molecule has 0 atom stereocenters. The predicted octanol–water partition coefficient (Wildman–Crippen LogP) is 4.57. The molecule has 0 aliphatic carbocycles. The van der Waals surface area contributed by atoms with Gasteiger partial charge in [0.05, 0.1) is 0 Å². The first-order valence-corrected chi connectivity index (χ1v) is 4.66. The number of allylic oxidation sites excluding steroid dienone is 6. The third kappa shape index (κ3) is 5.25. The van der Waals surface area contributed by atoms with E-state index in [0.29, 0.717) is 12.0 Å². The number of alkyl halides is 3. The van der Waals surface area contributed by atoms with Crippen molar-refractivity contribution in [2.75, 3.05) is 0 Å². The van der Waals surface area contributed by atoms with Crippen LogP contribution in [0.2, 0.25) is 0 Å². The average Bonchev–Trinajstić information content (AvgIpc) is 2.14. The van der Waals surface area contributed by atoms with Crippen LogP contribution in [0, 0.1) is 0 Å². The van der Waals surface area contributed by atoms with Gasteiger partial charge in [-0.2, -0.15) is 13.2 Å². The summed E-state index contributed by atoms with van der Waals surface area (Å²) in [6.45, 7) is 8.57. The molecular weight excluding hydrogens is 201 g/mol. The lowest BCUT2D eigenvalue weighted by atomic mass is 10.1. The third-order valence-electron chi connectivity index (χ3n) is 1.83. The Balaban J connectivity index is 5.04. The molecule has 0 saturated heterocycles. The third-order valence-corrected chi connectivity index (χ3v) is 1.83. The summed E-state index contributed by atoms with van der Waals surface area (Å²) < 4.78 is 37.4. The highest BCUT2D eigenvalue weighted by molar-refractivity contribution is 5.29. The zero-order valence-corrected chi connectivity index (χ0v) is 8.77. The highest BCUT2D eigenvalue weighted by Gasteiger charge is 2.32. The molecule has 0 radical (unpaired) electrons. The summed E-state index contributed by atoms with van der Waals surface area (Å²) in [6.07, 6.45) is 1.56. The normalized spacial score (nSPS) is 13.9. The van der Waals surface area contributed by atoms with Gasteiger partial charge in [0, 0.05) is 5.57 Å². The molecule has 0 bridgehead atoms. The highest BCUT2D eigenvalue weighted by atomic mass is 19.4. The molecular formula is C12H15F3. The van der Waals surface area contributed by atoms with Gasteiger partial charge >= 0.3 is 6.18 Å². The van der Waals surface area contributed by atoms with Crippen LogP contribution in [0.15, 0.2) is 48.6 Å². The van der Waals surface area contributed by atoms with Crippen molar-refractivity contribution in [3.63, 3.8) is 0 Å². The van der Waals surface area contributed by atoms with Crippen LogP contribution in [0.3, 0.4) is 0 Å². The Morgan fingerprint density at radius 1 is 1.27 bits per heavy atom. The second-order valence-electron chi connectivity index (χ2n) is 2.99. The number of hydrogen-bond acceptors (Lipinski definition) is 0. The lowest BCUT2D eigenvalue weighted by molar-refractivity contribution is -0.0929.